The van der Waals surface area contributed by atoms with Gasteiger partial charge in [-0.1, -0.05) is 23.7 Å². The lowest BCUT2D eigenvalue weighted by Gasteiger charge is -2.11. The van der Waals surface area contributed by atoms with Crippen molar-refractivity contribution < 1.29 is 9.50 Å². The lowest BCUT2D eigenvalue weighted by Crippen LogP contribution is -1.95. The van der Waals surface area contributed by atoms with Crippen LogP contribution in [0.1, 0.15) is 24.2 Å². The fourth-order valence-corrected chi connectivity index (χ4v) is 2.92. The van der Waals surface area contributed by atoms with E-state index in [4.69, 9.17) is 11.6 Å². The van der Waals surface area contributed by atoms with E-state index in [2.05, 4.69) is 0 Å². The van der Waals surface area contributed by atoms with E-state index in [1.54, 1.807) is 24.8 Å². The minimum absolute atomic E-state index is 0.327. The highest BCUT2D eigenvalue weighted by Crippen LogP contribution is 2.30. The molecule has 0 bridgehead atoms. The van der Waals surface area contributed by atoms with Crippen LogP contribution in [0.25, 0.3) is 0 Å². The third kappa shape index (κ3) is 3.96. The molecule has 0 radical (unpaired) electrons. The highest BCUT2D eigenvalue weighted by Gasteiger charge is 2.10. The zero-order valence-corrected chi connectivity index (χ0v) is 12.0. The third-order valence-corrected chi connectivity index (χ3v) is 4.14. The largest absolute Gasteiger partial charge is 0.389 e. The Morgan fingerprint density at radius 3 is 2.53 bits per heavy atom. The second-order valence-corrected chi connectivity index (χ2v) is 5.73. The fourth-order valence-electron chi connectivity index (χ4n) is 1.72. The van der Waals surface area contributed by atoms with E-state index in [0.717, 1.165) is 16.2 Å². The van der Waals surface area contributed by atoms with Crippen molar-refractivity contribution in [2.24, 2.45) is 0 Å². The first kappa shape index (κ1) is 14.4. The van der Waals surface area contributed by atoms with E-state index in [-0.39, 0.29) is 5.82 Å². The Morgan fingerprint density at radius 1 is 1.21 bits per heavy atom. The quantitative estimate of drug-likeness (QED) is 0.816. The zero-order chi connectivity index (χ0) is 13.8. The highest BCUT2D eigenvalue weighted by molar-refractivity contribution is 7.98. The molecule has 0 saturated heterocycles. The summed E-state index contributed by atoms with van der Waals surface area (Å²) < 4.78 is 13.2. The Balaban J connectivity index is 2.13. The number of rotatable bonds is 4. The van der Waals surface area contributed by atoms with E-state index >= 15 is 0 Å². The van der Waals surface area contributed by atoms with Gasteiger partial charge in [-0.15, -0.1) is 11.8 Å². The molecule has 0 aliphatic carbocycles. The van der Waals surface area contributed by atoms with Gasteiger partial charge in [-0.3, -0.25) is 0 Å². The average Bonchev–Trinajstić information content (AvgIpc) is 2.39. The van der Waals surface area contributed by atoms with Gasteiger partial charge in [0, 0.05) is 15.7 Å². The SMILES string of the molecule is C[C@@H](O)c1cc(F)ccc1SCc1ccc(Cl)cc1. The predicted octanol–water partition coefficient (Wildman–Crippen LogP) is 4.82. The van der Waals surface area contributed by atoms with E-state index in [9.17, 15) is 9.50 Å². The molecule has 0 fully saturated rings. The van der Waals surface area contributed by atoms with Crippen LogP contribution in [0.5, 0.6) is 0 Å². The highest BCUT2D eigenvalue weighted by atomic mass is 35.5. The number of hydrogen-bond donors (Lipinski definition) is 1. The van der Waals surface area contributed by atoms with Crippen molar-refractivity contribution in [3.63, 3.8) is 0 Å². The standard InChI is InChI=1S/C15H14ClFOS/c1-10(18)14-8-13(17)6-7-15(14)19-9-11-2-4-12(16)5-3-11/h2-8,10,18H,9H2,1H3/t10-/m1/s1. The maximum atomic E-state index is 13.2. The Labute approximate surface area is 121 Å². The molecule has 0 amide bonds. The van der Waals surface area contributed by atoms with Gasteiger partial charge in [0.15, 0.2) is 0 Å². The summed E-state index contributed by atoms with van der Waals surface area (Å²) in [5, 5.41) is 10.4. The summed E-state index contributed by atoms with van der Waals surface area (Å²) in [5.74, 6) is 0.425. The molecule has 100 valence electrons. The topological polar surface area (TPSA) is 20.2 Å². The van der Waals surface area contributed by atoms with Crippen LogP contribution >= 0.6 is 23.4 Å². The van der Waals surface area contributed by atoms with E-state index < -0.39 is 6.10 Å². The first-order chi connectivity index (χ1) is 9.06. The molecule has 0 saturated carbocycles. The van der Waals surface area contributed by atoms with Gasteiger partial charge in [0.1, 0.15) is 5.82 Å². The molecule has 19 heavy (non-hydrogen) atoms. The summed E-state index contributed by atoms with van der Waals surface area (Å²) in [4.78, 5) is 0.895. The van der Waals surface area contributed by atoms with Gasteiger partial charge in [-0.2, -0.15) is 0 Å². The van der Waals surface area contributed by atoms with Gasteiger partial charge < -0.3 is 5.11 Å². The molecule has 0 aliphatic heterocycles. The maximum Gasteiger partial charge on any atom is 0.123 e. The normalized spacial score (nSPS) is 12.4. The molecule has 1 nitrogen and oxygen atoms in total. The van der Waals surface area contributed by atoms with Crippen molar-refractivity contribution in [2.75, 3.05) is 0 Å². The van der Waals surface area contributed by atoms with Crippen molar-refractivity contribution in [3.05, 3.63) is 64.4 Å². The second-order valence-electron chi connectivity index (χ2n) is 4.27. The van der Waals surface area contributed by atoms with E-state index in [1.165, 1.54) is 12.1 Å². The summed E-state index contributed by atoms with van der Waals surface area (Å²) in [5.41, 5.74) is 1.76. The Morgan fingerprint density at radius 2 is 1.89 bits per heavy atom. The molecule has 0 aromatic heterocycles. The molecule has 2 aromatic rings. The number of halogens is 2. The molecule has 0 spiro atoms. The van der Waals surface area contributed by atoms with Crippen LogP contribution in [-0.4, -0.2) is 5.11 Å². The summed E-state index contributed by atoms with van der Waals surface area (Å²) >= 11 is 7.40. The maximum absolute atomic E-state index is 13.2. The minimum Gasteiger partial charge on any atom is -0.389 e. The van der Waals surface area contributed by atoms with Crippen LogP contribution in [0.15, 0.2) is 47.4 Å². The lowest BCUT2D eigenvalue weighted by atomic mass is 10.1. The van der Waals surface area contributed by atoms with Crippen LogP contribution in [0.2, 0.25) is 5.02 Å². The molecule has 0 aliphatic rings. The van der Waals surface area contributed by atoms with Crippen LogP contribution in [0, 0.1) is 5.82 Å². The van der Waals surface area contributed by atoms with Gasteiger partial charge in [0.2, 0.25) is 0 Å². The molecule has 0 heterocycles. The minimum atomic E-state index is -0.677. The number of benzene rings is 2. The Kier molecular flexibility index (Phi) is 4.86. The molecular weight excluding hydrogens is 283 g/mol. The molecule has 4 heteroatoms. The summed E-state index contributed by atoms with van der Waals surface area (Å²) in [7, 11) is 0. The van der Waals surface area contributed by atoms with Gasteiger partial charge in [0.25, 0.3) is 0 Å². The summed E-state index contributed by atoms with van der Waals surface area (Å²) in [6, 6.07) is 12.1. The van der Waals surface area contributed by atoms with Crippen LogP contribution < -0.4 is 0 Å². The molecule has 2 aromatic carbocycles. The average molecular weight is 297 g/mol. The van der Waals surface area contributed by atoms with Gasteiger partial charge in [0.05, 0.1) is 6.10 Å². The van der Waals surface area contributed by atoms with Gasteiger partial charge in [-0.05, 0) is 48.4 Å². The van der Waals surface area contributed by atoms with Crippen molar-refractivity contribution in [1.82, 2.24) is 0 Å². The van der Waals surface area contributed by atoms with Crippen molar-refractivity contribution in [3.8, 4) is 0 Å². The first-order valence-electron chi connectivity index (χ1n) is 5.91. The van der Waals surface area contributed by atoms with Crippen LogP contribution in [0.3, 0.4) is 0 Å². The predicted molar refractivity (Wildman–Crippen MR) is 78.0 cm³/mol. The molecule has 1 atom stereocenters. The van der Waals surface area contributed by atoms with Gasteiger partial charge >= 0.3 is 0 Å². The zero-order valence-electron chi connectivity index (χ0n) is 10.4. The van der Waals surface area contributed by atoms with Crippen molar-refractivity contribution in [1.29, 1.82) is 0 Å². The van der Waals surface area contributed by atoms with Crippen LogP contribution in [0.4, 0.5) is 4.39 Å². The molecule has 1 N–H and O–H groups in total. The lowest BCUT2D eigenvalue weighted by molar-refractivity contribution is 0.196. The van der Waals surface area contributed by atoms with Gasteiger partial charge in [-0.25, -0.2) is 4.39 Å². The van der Waals surface area contributed by atoms with Crippen molar-refractivity contribution >= 4 is 23.4 Å². The number of aliphatic hydroxyl groups is 1. The third-order valence-electron chi connectivity index (χ3n) is 2.73. The van der Waals surface area contributed by atoms with E-state index in [0.29, 0.717) is 10.6 Å². The number of hydrogen-bond acceptors (Lipinski definition) is 2. The number of aliphatic hydroxyl groups excluding tert-OH is 1. The summed E-state index contributed by atoms with van der Waals surface area (Å²) in [6.07, 6.45) is -0.677. The van der Waals surface area contributed by atoms with Crippen molar-refractivity contribution in [2.45, 2.75) is 23.7 Å². The molecular formula is C15H14ClFOS. The Bertz CT molecular complexity index is 555. The number of thioether (sulfide) groups is 1. The fraction of sp³-hybridized carbons (Fsp3) is 0.200. The summed E-state index contributed by atoms with van der Waals surface area (Å²) in [6.45, 7) is 1.64. The van der Waals surface area contributed by atoms with E-state index in [1.807, 2.05) is 24.3 Å². The molecule has 0 unspecified atom stereocenters. The molecule has 2 rings (SSSR count). The monoisotopic (exact) mass is 296 g/mol. The Hall–Kier alpha value is -1.03. The smallest absolute Gasteiger partial charge is 0.123 e. The first-order valence-corrected chi connectivity index (χ1v) is 7.27. The van der Waals surface area contributed by atoms with Crippen LogP contribution in [-0.2, 0) is 5.75 Å². The second kappa shape index (κ2) is 6.42.